The highest BCUT2D eigenvalue weighted by atomic mass is 16.6. The first kappa shape index (κ1) is 45.5. The molecule has 278 valence electrons. The third kappa shape index (κ3) is 43.5. The van der Waals surface area contributed by atoms with Crippen LogP contribution >= 0.6 is 0 Å². The second kappa shape index (κ2) is 44.5. The molecule has 0 spiro atoms. The maximum absolute atomic E-state index is 8.58. The number of ether oxygens (including phenoxy) is 11. The van der Waals surface area contributed by atoms with Gasteiger partial charge in [-0.2, -0.15) is 0 Å². The highest BCUT2D eigenvalue weighted by Crippen LogP contribution is 2.10. The van der Waals surface area contributed by atoms with Gasteiger partial charge in [0.1, 0.15) is 0 Å². The highest BCUT2D eigenvalue weighted by Gasteiger charge is 1.97. The van der Waals surface area contributed by atoms with Crippen LogP contribution in [0.15, 0.2) is 0 Å². The molecule has 12 nitrogen and oxygen atoms in total. The Hall–Kier alpha value is -0.480. The zero-order chi connectivity index (χ0) is 33.1. The summed E-state index contributed by atoms with van der Waals surface area (Å²) >= 11 is 0. The van der Waals surface area contributed by atoms with E-state index in [0.717, 1.165) is 13.0 Å². The lowest BCUT2D eigenvalue weighted by Gasteiger charge is -2.09. The van der Waals surface area contributed by atoms with Gasteiger partial charge in [-0.05, 0) is 6.42 Å². The summed E-state index contributed by atoms with van der Waals surface area (Å²) in [6.07, 6.45) is 13.4. The lowest BCUT2D eigenvalue weighted by molar-refractivity contribution is -0.0278. The second-order valence-electron chi connectivity index (χ2n) is 10.6. The second-order valence-corrected chi connectivity index (χ2v) is 10.6. The molecule has 0 aliphatic carbocycles. The van der Waals surface area contributed by atoms with Crippen LogP contribution in [0.25, 0.3) is 0 Å². The topological polar surface area (TPSA) is 122 Å². The fourth-order valence-electron chi connectivity index (χ4n) is 4.06. The van der Waals surface area contributed by atoms with Crippen LogP contribution in [0.3, 0.4) is 0 Å². The average molecular weight is 671 g/mol. The molecular weight excluding hydrogens is 600 g/mol. The van der Waals surface area contributed by atoms with Gasteiger partial charge in [-0.25, -0.2) is 0 Å². The Morgan fingerprint density at radius 3 is 0.674 bits per heavy atom. The van der Waals surface area contributed by atoms with E-state index in [2.05, 4.69) is 6.92 Å². The Morgan fingerprint density at radius 1 is 0.239 bits per heavy atom. The first-order valence-corrected chi connectivity index (χ1v) is 17.9. The Labute approximate surface area is 280 Å². The quantitative estimate of drug-likeness (QED) is 0.0941. The van der Waals surface area contributed by atoms with Crippen molar-refractivity contribution in [3.05, 3.63) is 0 Å². The van der Waals surface area contributed by atoms with Crippen molar-refractivity contribution in [3.8, 4) is 0 Å². The molecule has 0 heterocycles. The number of aliphatic hydroxyl groups is 1. The summed E-state index contributed by atoms with van der Waals surface area (Å²) in [5.74, 6) is 0. The average Bonchev–Trinajstić information content (AvgIpc) is 3.07. The first-order chi connectivity index (χ1) is 22.9. The van der Waals surface area contributed by atoms with E-state index in [4.69, 9.17) is 57.2 Å². The van der Waals surface area contributed by atoms with E-state index in [1.54, 1.807) is 0 Å². The summed E-state index contributed by atoms with van der Waals surface area (Å²) in [5.41, 5.74) is 0. The van der Waals surface area contributed by atoms with E-state index in [1.807, 2.05) is 0 Å². The van der Waals surface area contributed by atoms with E-state index in [1.165, 1.54) is 57.8 Å². The summed E-state index contributed by atoms with van der Waals surface area (Å²) < 4.78 is 59.9. The van der Waals surface area contributed by atoms with Crippen LogP contribution < -0.4 is 0 Å². The maximum atomic E-state index is 8.58. The first-order valence-electron chi connectivity index (χ1n) is 17.9. The van der Waals surface area contributed by atoms with Gasteiger partial charge in [0.05, 0.1) is 145 Å². The van der Waals surface area contributed by atoms with Gasteiger partial charge in [-0.1, -0.05) is 64.7 Å². The molecule has 0 atom stereocenters. The fourth-order valence-corrected chi connectivity index (χ4v) is 4.06. The zero-order valence-corrected chi connectivity index (χ0v) is 29.3. The SMILES string of the molecule is CCCCCCCCCCCCOCCOCCOCCOCCOCCOCCOCCOCCOCCOCCOCCO. The summed E-state index contributed by atoms with van der Waals surface area (Å²) in [6.45, 7) is 14.1. The molecule has 0 radical (unpaired) electrons. The molecule has 0 aliphatic rings. The van der Waals surface area contributed by atoms with E-state index >= 15 is 0 Å². The van der Waals surface area contributed by atoms with Gasteiger partial charge in [0.25, 0.3) is 0 Å². The molecule has 0 aromatic carbocycles. The molecule has 12 heteroatoms. The molecule has 46 heavy (non-hydrogen) atoms. The van der Waals surface area contributed by atoms with Crippen LogP contribution in [0.2, 0.25) is 0 Å². The van der Waals surface area contributed by atoms with Crippen molar-refractivity contribution < 1.29 is 57.2 Å². The van der Waals surface area contributed by atoms with Crippen molar-refractivity contribution in [2.45, 2.75) is 71.1 Å². The Morgan fingerprint density at radius 2 is 0.435 bits per heavy atom. The minimum atomic E-state index is 0.0285. The largest absolute Gasteiger partial charge is 0.394 e. The minimum absolute atomic E-state index is 0.0285. The van der Waals surface area contributed by atoms with Crippen molar-refractivity contribution in [1.82, 2.24) is 0 Å². The standard InChI is InChI=1S/C34H70O12/c1-2-3-4-5-6-7-8-9-10-11-13-36-15-17-38-19-21-40-23-25-42-27-29-44-31-33-46-34-32-45-30-28-43-26-24-41-22-20-39-18-16-37-14-12-35/h35H,2-34H2,1H3. The molecule has 0 unspecified atom stereocenters. The number of unbranched alkanes of at least 4 members (excludes halogenated alkanes) is 9. The summed E-state index contributed by atoms with van der Waals surface area (Å²) in [4.78, 5) is 0. The molecule has 0 aliphatic heterocycles. The van der Waals surface area contributed by atoms with E-state index in [0.29, 0.717) is 139 Å². The minimum Gasteiger partial charge on any atom is -0.394 e. The Kier molecular flexibility index (Phi) is 44.1. The lowest BCUT2D eigenvalue weighted by atomic mass is 10.1. The molecule has 0 bridgehead atoms. The van der Waals surface area contributed by atoms with Gasteiger partial charge < -0.3 is 57.2 Å². The van der Waals surface area contributed by atoms with Crippen LogP contribution in [0, 0.1) is 0 Å². The van der Waals surface area contributed by atoms with Crippen LogP contribution in [0.4, 0.5) is 0 Å². The van der Waals surface area contributed by atoms with Gasteiger partial charge in [0, 0.05) is 6.61 Å². The zero-order valence-electron chi connectivity index (χ0n) is 29.3. The van der Waals surface area contributed by atoms with E-state index in [-0.39, 0.29) is 6.61 Å². The molecule has 0 rings (SSSR count). The van der Waals surface area contributed by atoms with E-state index in [9.17, 15) is 0 Å². The molecule has 0 saturated carbocycles. The van der Waals surface area contributed by atoms with Gasteiger partial charge in [0.2, 0.25) is 0 Å². The molecular formula is C34H70O12. The molecule has 0 aromatic heterocycles. The van der Waals surface area contributed by atoms with Gasteiger partial charge in [-0.3, -0.25) is 0 Å². The molecule has 0 fully saturated rings. The smallest absolute Gasteiger partial charge is 0.0701 e. The van der Waals surface area contributed by atoms with Gasteiger partial charge >= 0.3 is 0 Å². The monoisotopic (exact) mass is 670 g/mol. The molecule has 0 saturated heterocycles. The maximum Gasteiger partial charge on any atom is 0.0701 e. The molecule has 0 amide bonds. The number of hydrogen-bond donors (Lipinski definition) is 1. The third-order valence-corrected chi connectivity index (χ3v) is 6.60. The number of rotatable bonds is 43. The van der Waals surface area contributed by atoms with Crippen molar-refractivity contribution >= 4 is 0 Å². The third-order valence-electron chi connectivity index (χ3n) is 6.60. The van der Waals surface area contributed by atoms with Crippen molar-refractivity contribution in [1.29, 1.82) is 0 Å². The van der Waals surface area contributed by atoms with Crippen molar-refractivity contribution in [3.63, 3.8) is 0 Å². The Bertz CT molecular complexity index is 475. The van der Waals surface area contributed by atoms with Crippen LogP contribution in [-0.4, -0.2) is 157 Å². The molecule has 1 N–H and O–H groups in total. The van der Waals surface area contributed by atoms with Crippen LogP contribution in [0.1, 0.15) is 71.1 Å². The predicted molar refractivity (Wildman–Crippen MR) is 178 cm³/mol. The lowest BCUT2D eigenvalue weighted by Crippen LogP contribution is -2.15. The number of aliphatic hydroxyl groups excluding tert-OH is 1. The normalized spacial score (nSPS) is 11.6. The molecule has 0 aromatic rings. The highest BCUT2D eigenvalue weighted by molar-refractivity contribution is 4.47. The van der Waals surface area contributed by atoms with Gasteiger partial charge in [-0.15, -0.1) is 0 Å². The fraction of sp³-hybridized carbons (Fsp3) is 1.00. The van der Waals surface area contributed by atoms with Gasteiger partial charge in [0.15, 0.2) is 0 Å². The Balaban J connectivity index is 3.03. The summed E-state index contributed by atoms with van der Waals surface area (Å²) in [7, 11) is 0. The van der Waals surface area contributed by atoms with Crippen molar-refractivity contribution in [2.24, 2.45) is 0 Å². The summed E-state index contributed by atoms with van der Waals surface area (Å²) in [5, 5.41) is 8.58. The summed E-state index contributed by atoms with van der Waals surface area (Å²) in [6, 6.07) is 0. The predicted octanol–water partition coefficient (Wildman–Crippen LogP) is 4.08. The number of hydrogen-bond acceptors (Lipinski definition) is 12. The van der Waals surface area contributed by atoms with Crippen LogP contribution in [-0.2, 0) is 52.1 Å². The van der Waals surface area contributed by atoms with Crippen LogP contribution in [0.5, 0.6) is 0 Å². The van der Waals surface area contributed by atoms with E-state index < -0.39 is 0 Å². The van der Waals surface area contributed by atoms with Crippen molar-refractivity contribution in [2.75, 3.05) is 152 Å².